The fourth-order valence-electron chi connectivity index (χ4n) is 1.78. The van der Waals surface area contributed by atoms with Crippen molar-refractivity contribution in [1.29, 1.82) is 0 Å². The van der Waals surface area contributed by atoms with Crippen LogP contribution in [0.15, 0.2) is 41.6 Å². The molecule has 0 fully saturated rings. The third kappa shape index (κ3) is 3.62. The van der Waals surface area contributed by atoms with E-state index in [1.54, 1.807) is 33.7 Å². The van der Waals surface area contributed by atoms with E-state index in [1.807, 2.05) is 30.3 Å². The topological polar surface area (TPSA) is 65.0 Å². The van der Waals surface area contributed by atoms with E-state index in [4.69, 9.17) is 14.2 Å². The highest BCUT2D eigenvalue weighted by atomic mass is 16.5. The minimum Gasteiger partial charge on any atom is -0.493 e. The van der Waals surface area contributed by atoms with Gasteiger partial charge in [0.25, 0.3) is 0 Å². The molecule has 1 aromatic carbocycles. The number of methoxy groups -OCH3 is 3. The Morgan fingerprint density at radius 1 is 1.05 bits per heavy atom. The highest BCUT2D eigenvalue weighted by Gasteiger charge is 2.12. The zero-order chi connectivity index (χ0) is 15.1. The normalized spacial score (nSPS) is 10.4. The van der Waals surface area contributed by atoms with E-state index in [0.29, 0.717) is 23.1 Å². The van der Waals surface area contributed by atoms with Gasteiger partial charge in [-0.3, -0.25) is 5.43 Å². The summed E-state index contributed by atoms with van der Waals surface area (Å²) in [5, 5.41) is 4.13. The van der Waals surface area contributed by atoms with Gasteiger partial charge in [0.05, 0.1) is 27.5 Å². The monoisotopic (exact) mass is 287 g/mol. The van der Waals surface area contributed by atoms with E-state index in [1.165, 1.54) is 0 Å². The number of benzene rings is 1. The van der Waals surface area contributed by atoms with Crippen molar-refractivity contribution in [3.05, 3.63) is 42.1 Å². The first kappa shape index (κ1) is 14.6. The van der Waals surface area contributed by atoms with Crippen LogP contribution in [-0.4, -0.2) is 32.5 Å². The van der Waals surface area contributed by atoms with E-state index in [-0.39, 0.29) is 0 Å². The Labute approximate surface area is 123 Å². The van der Waals surface area contributed by atoms with Crippen LogP contribution in [0.2, 0.25) is 0 Å². The van der Waals surface area contributed by atoms with Gasteiger partial charge >= 0.3 is 0 Å². The molecule has 0 atom stereocenters. The lowest BCUT2D eigenvalue weighted by molar-refractivity contribution is 0.324. The molecule has 21 heavy (non-hydrogen) atoms. The van der Waals surface area contributed by atoms with Gasteiger partial charge in [0.15, 0.2) is 11.5 Å². The number of pyridine rings is 1. The molecule has 2 aromatic rings. The number of hydrogen-bond donors (Lipinski definition) is 1. The quantitative estimate of drug-likeness (QED) is 0.653. The Bertz CT molecular complexity index is 590. The van der Waals surface area contributed by atoms with E-state index in [2.05, 4.69) is 15.5 Å². The number of aromatic nitrogens is 1. The van der Waals surface area contributed by atoms with Crippen molar-refractivity contribution in [2.24, 2.45) is 5.10 Å². The maximum Gasteiger partial charge on any atom is 0.203 e. The lowest BCUT2D eigenvalue weighted by atomic mass is 10.2. The van der Waals surface area contributed by atoms with E-state index >= 15 is 0 Å². The van der Waals surface area contributed by atoms with Crippen molar-refractivity contribution in [2.75, 3.05) is 26.8 Å². The predicted molar refractivity (Wildman–Crippen MR) is 81.6 cm³/mol. The number of ether oxygens (including phenoxy) is 3. The summed E-state index contributed by atoms with van der Waals surface area (Å²) in [6.07, 6.45) is 3.34. The smallest absolute Gasteiger partial charge is 0.203 e. The van der Waals surface area contributed by atoms with Crippen LogP contribution in [0, 0.1) is 0 Å². The minimum atomic E-state index is 0.551. The molecular formula is C15H17N3O3. The number of rotatable bonds is 6. The fraction of sp³-hybridized carbons (Fsp3) is 0.200. The highest BCUT2D eigenvalue weighted by molar-refractivity contribution is 5.82. The summed E-state index contributed by atoms with van der Waals surface area (Å²) in [6.45, 7) is 0. The summed E-state index contributed by atoms with van der Waals surface area (Å²) in [5.74, 6) is 2.38. The molecule has 2 rings (SSSR count). The van der Waals surface area contributed by atoms with Gasteiger partial charge in [-0.1, -0.05) is 6.07 Å². The van der Waals surface area contributed by atoms with Gasteiger partial charge < -0.3 is 14.2 Å². The molecule has 0 saturated heterocycles. The van der Waals surface area contributed by atoms with Crippen LogP contribution in [0.3, 0.4) is 0 Å². The van der Waals surface area contributed by atoms with Crippen molar-refractivity contribution in [1.82, 2.24) is 4.98 Å². The number of hydrazone groups is 1. The Morgan fingerprint density at radius 2 is 1.76 bits per heavy atom. The van der Waals surface area contributed by atoms with Gasteiger partial charge in [-0.25, -0.2) is 4.98 Å². The summed E-state index contributed by atoms with van der Waals surface area (Å²) >= 11 is 0. The molecule has 1 aromatic heterocycles. The average Bonchev–Trinajstić information content (AvgIpc) is 2.54. The van der Waals surface area contributed by atoms with Gasteiger partial charge in [0.2, 0.25) is 5.75 Å². The first-order valence-electron chi connectivity index (χ1n) is 6.28. The Balaban J connectivity index is 2.20. The minimum absolute atomic E-state index is 0.551. The average molecular weight is 287 g/mol. The van der Waals surface area contributed by atoms with Crippen LogP contribution in [0.25, 0.3) is 0 Å². The number of nitrogens with one attached hydrogen (secondary N) is 1. The second kappa shape index (κ2) is 7.14. The van der Waals surface area contributed by atoms with Crippen molar-refractivity contribution in [2.45, 2.75) is 0 Å². The van der Waals surface area contributed by atoms with Crippen molar-refractivity contribution in [3.63, 3.8) is 0 Å². The third-order valence-corrected chi connectivity index (χ3v) is 2.74. The molecule has 0 aliphatic rings. The molecule has 6 heteroatoms. The molecular weight excluding hydrogens is 270 g/mol. The van der Waals surface area contributed by atoms with Crippen LogP contribution in [0.4, 0.5) is 5.82 Å². The van der Waals surface area contributed by atoms with Crippen molar-refractivity contribution in [3.8, 4) is 17.2 Å². The van der Waals surface area contributed by atoms with Crippen LogP contribution >= 0.6 is 0 Å². The molecule has 0 amide bonds. The summed E-state index contributed by atoms with van der Waals surface area (Å²) < 4.78 is 15.8. The van der Waals surface area contributed by atoms with E-state index in [9.17, 15) is 0 Å². The van der Waals surface area contributed by atoms with Gasteiger partial charge in [-0.2, -0.15) is 5.10 Å². The Morgan fingerprint density at radius 3 is 2.29 bits per heavy atom. The zero-order valence-corrected chi connectivity index (χ0v) is 12.2. The van der Waals surface area contributed by atoms with Crippen molar-refractivity contribution < 1.29 is 14.2 Å². The summed E-state index contributed by atoms with van der Waals surface area (Å²) in [5.41, 5.74) is 3.66. The number of hydrogen-bond acceptors (Lipinski definition) is 6. The maximum absolute atomic E-state index is 5.28. The number of nitrogens with zero attached hydrogens (tertiary/aromatic N) is 2. The van der Waals surface area contributed by atoms with E-state index in [0.717, 1.165) is 5.56 Å². The lowest BCUT2D eigenvalue weighted by Gasteiger charge is -2.12. The van der Waals surface area contributed by atoms with Gasteiger partial charge in [0.1, 0.15) is 5.82 Å². The van der Waals surface area contributed by atoms with Gasteiger partial charge in [-0.15, -0.1) is 0 Å². The Hall–Kier alpha value is -2.76. The highest BCUT2D eigenvalue weighted by Crippen LogP contribution is 2.37. The Kier molecular flexibility index (Phi) is 4.98. The molecule has 1 heterocycles. The standard InChI is InChI=1S/C15H17N3O3/c1-19-12-8-11(9-13(20-2)15(12)21-3)10-17-18-14-6-4-5-7-16-14/h4-10H,1-3H3,(H,16,18). The molecule has 0 aliphatic carbocycles. The van der Waals surface area contributed by atoms with Crippen LogP contribution in [-0.2, 0) is 0 Å². The van der Waals surface area contributed by atoms with Gasteiger partial charge in [0, 0.05) is 11.8 Å². The first-order chi connectivity index (χ1) is 10.3. The molecule has 0 aliphatic heterocycles. The second-order valence-corrected chi connectivity index (χ2v) is 4.04. The molecule has 0 bridgehead atoms. The van der Waals surface area contributed by atoms with Crippen LogP contribution < -0.4 is 19.6 Å². The summed E-state index contributed by atoms with van der Waals surface area (Å²) in [6, 6.07) is 9.17. The predicted octanol–water partition coefficient (Wildman–Crippen LogP) is 2.55. The molecule has 6 nitrogen and oxygen atoms in total. The van der Waals surface area contributed by atoms with Crippen molar-refractivity contribution >= 4 is 12.0 Å². The molecule has 0 saturated carbocycles. The molecule has 1 N–H and O–H groups in total. The van der Waals surface area contributed by atoms with E-state index < -0.39 is 0 Å². The second-order valence-electron chi connectivity index (χ2n) is 4.04. The first-order valence-corrected chi connectivity index (χ1v) is 6.28. The molecule has 0 spiro atoms. The van der Waals surface area contributed by atoms with Gasteiger partial charge in [-0.05, 0) is 24.3 Å². The SMILES string of the molecule is COc1cc(C=NNc2ccccn2)cc(OC)c1OC. The van der Waals surface area contributed by atoms with Crippen LogP contribution in [0.5, 0.6) is 17.2 Å². The molecule has 110 valence electrons. The zero-order valence-electron chi connectivity index (χ0n) is 12.2. The lowest BCUT2D eigenvalue weighted by Crippen LogP contribution is -1.98. The largest absolute Gasteiger partial charge is 0.493 e. The summed E-state index contributed by atoms with van der Waals surface area (Å²) in [4.78, 5) is 4.11. The molecule has 0 radical (unpaired) electrons. The number of anilines is 1. The van der Waals surface area contributed by atoms with Crippen LogP contribution in [0.1, 0.15) is 5.56 Å². The third-order valence-electron chi connectivity index (χ3n) is 2.74. The fourth-order valence-corrected chi connectivity index (χ4v) is 1.78. The summed E-state index contributed by atoms with van der Waals surface area (Å²) in [7, 11) is 4.71. The maximum atomic E-state index is 5.28. The molecule has 0 unspecified atom stereocenters.